The van der Waals surface area contributed by atoms with E-state index in [9.17, 15) is 9.59 Å². The van der Waals surface area contributed by atoms with E-state index in [4.69, 9.17) is 10.8 Å². The second kappa shape index (κ2) is 4.64. The van der Waals surface area contributed by atoms with E-state index in [-0.39, 0.29) is 17.7 Å². The third-order valence-corrected chi connectivity index (χ3v) is 4.20. The number of hydrogen-bond donors (Lipinski definition) is 3. The van der Waals surface area contributed by atoms with Gasteiger partial charge in [0, 0.05) is 6.54 Å². The maximum Gasteiger partial charge on any atom is 0.306 e. The third kappa shape index (κ3) is 2.44. The minimum absolute atomic E-state index is 0.0696. The average molecular weight is 240 g/mol. The van der Waals surface area contributed by atoms with Crippen molar-refractivity contribution in [2.75, 3.05) is 6.54 Å². The summed E-state index contributed by atoms with van der Waals surface area (Å²) in [6.45, 7) is 0.453. The van der Waals surface area contributed by atoms with E-state index in [2.05, 4.69) is 5.32 Å². The van der Waals surface area contributed by atoms with Crippen LogP contribution in [0, 0.1) is 11.8 Å². The average Bonchev–Trinajstić information content (AvgIpc) is 2.70. The van der Waals surface area contributed by atoms with Crippen LogP contribution in [0.4, 0.5) is 0 Å². The van der Waals surface area contributed by atoms with Gasteiger partial charge in [0.05, 0.1) is 11.5 Å². The van der Waals surface area contributed by atoms with Crippen LogP contribution in [-0.4, -0.2) is 29.1 Å². The molecule has 5 nitrogen and oxygen atoms in total. The summed E-state index contributed by atoms with van der Waals surface area (Å²) >= 11 is 0. The summed E-state index contributed by atoms with van der Waals surface area (Å²) in [5, 5.41) is 11.9. The molecule has 5 heteroatoms. The Bertz CT molecular complexity index is 326. The third-order valence-electron chi connectivity index (χ3n) is 4.20. The number of carbonyl (C=O) groups excluding carboxylic acids is 1. The van der Waals surface area contributed by atoms with E-state index < -0.39 is 11.5 Å². The highest BCUT2D eigenvalue weighted by atomic mass is 16.4. The van der Waals surface area contributed by atoms with Crippen LogP contribution in [0.2, 0.25) is 0 Å². The van der Waals surface area contributed by atoms with Crippen molar-refractivity contribution in [1.29, 1.82) is 0 Å². The molecule has 0 heterocycles. The van der Waals surface area contributed by atoms with Crippen molar-refractivity contribution < 1.29 is 14.7 Å². The second-order valence-electron chi connectivity index (χ2n) is 5.36. The molecule has 0 aromatic carbocycles. The summed E-state index contributed by atoms with van der Waals surface area (Å²) in [5.74, 6) is -1.09. The van der Waals surface area contributed by atoms with E-state index in [0.29, 0.717) is 6.54 Å². The zero-order valence-electron chi connectivity index (χ0n) is 9.95. The molecule has 0 saturated heterocycles. The van der Waals surface area contributed by atoms with Crippen molar-refractivity contribution in [3.8, 4) is 0 Å². The first-order chi connectivity index (χ1) is 8.03. The molecule has 17 heavy (non-hydrogen) atoms. The number of amides is 1. The monoisotopic (exact) mass is 240 g/mol. The van der Waals surface area contributed by atoms with Gasteiger partial charge in [-0.1, -0.05) is 6.42 Å². The number of aliphatic carboxylic acids is 1. The van der Waals surface area contributed by atoms with Crippen LogP contribution in [0.25, 0.3) is 0 Å². The van der Waals surface area contributed by atoms with Gasteiger partial charge in [0.1, 0.15) is 0 Å². The molecule has 0 radical (unpaired) electrons. The Morgan fingerprint density at radius 2 is 2.00 bits per heavy atom. The summed E-state index contributed by atoms with van der Waals surface area (Å²) in [4.78, 5) is 22.8. The fraction of sp³-hybridized carbons (Fsp3) is 0.833. The Kier molecular flexibility index (Phi) is 3.38. The molecule has 1 amide bonds. The Morgan fingerprint density at radius 1 is 1.29 bits per heavy atom. The van der Waals surface area contributed by atoms with Crippen LogP contribution in [0.1, 0.15) is 38.5 Å². The van der Waals surface area contributed by atoms with E-state index in [1.807, 2.05) is 0 Å². The molecule has 2 aliphatic carbocycles. The molecule has 2 rings (SSSR count). The fourth-order valence-electron chi connectivity index (χ4n) is 2.79. The van der Waals surface area contributed by atoms with Crippen molar-refractivity contribution in [3.05, 3.63) is 0 Å². The summed E-state index contributed by atoms with van der Waals surface area (Å²) < 4.78 is 0. The molecule has 2 fully saturated rings. The highest BCUT2D eigenvalue weighted by Gasteiger charge is 2.41. The highest BCUT2D eigenvalue weighted by Crippen LogP contribution is 2.32. The lowest BCUT2D eigenvalue weighted by molar-refractivity contribution is -0.143. The number of rotatable bonds is 4. The zero-order chi connectivity index (χ0) is 12.5. The molecular weight excluding hydrogens is 220 g/mol. The summed E-state index contributed by atoms with van der Waals surface area (Å²) in [7, 11) is 0. The molecule has 2 saturated carbocycles. The Labute approximate surface area is 101 Å². The maximum atomic E-state index is 11.8. The summed E-state index contributed by atoms with van der Waals surface area (Å²) in [5.41, 5.74) is 5.21. The van der Waals surface area contributed by atoms with Gasteiger partial charge in [-0.25, -0.2) is 0 Å². The lowest BCUT2D eigenvalue weighted by atomic mass is 9.77. The van der Waals surface area contributed by atoms with Crippen LogP contribution in [0.3, 0.4) is 0 Å². The number of nitrogens with two attached hydrogens (primary N) is 1. The Morgan fingerprint density at radius 3 is 2.53 bits per heavy atom. The predicted octanol–water partition coefficient (Wildman–Crippen LogP) is 0.485. The van der Waals surface area contributed by atoms with Crippen LogP contribution in [-0.2, 0) is 9.59 Å². The van der Waals surface area contributed by atoms with E-state index >= 15 is 0 Å². The number of carbonyl (C=O) groups is 2. The minimum atomic E-state index is -0.743. The Balaban J connectivity index is 1.81. The molecule has 0 spiro atoms. The smallest absolute Gasteiger partial charge is 0.306 e. The van der Waals surface area contributed by atoms with Gasteiger partial charge in [0.15, 0.2) is 0 Å². The highest BCUT2D eigenvalue weighted by molar-refractivity contribution is 5.87. The van der Waals surface area contributed by atoms with Gasteiger partial charge >= 0.3 is 5.97 Å². The number of hydrogen-bond acceptors (Lipinski definition) is 3. The van der Waals surface area contributed by atoms with Crippen molar-refractivity contribution >= 4 is 11.9 Å². The topological polar surface area (TPSA) is 92.4 Å². The van der Waals surface area contributed by atoms with E-state index in [1.54, 1.807) is 0 Å². The van der Waals surface area contributed by atoms with E-state index in [1.165, 1.54) is 0 Å². The molecule has 2 aliphatic rings. The van der Waals surface area contributed by atoms with Gasteiger partial charge in [0.2, 0.25) is 5.91 Å². The van der Waals surface area contributed by atoms with Gasteiger partial charge in [-0.3, -0.25) is 9.59 Å². The largest absolute Gasteiger partial charge is 0.481 e. The second-order valence-corrected chi connectivity index (χ2v) is 5.36. The van der Waals surface area contributed by atoms with Gasteiger partial charge in [-0.2, -0.15) is 0 Å². The van der Waals surface area contributed by atoms with Gasteiger partial charge in [-0.15, -0.1) is 0 Å². The molecular formula is C12H20N2O3. The molecule has 0 aromatic heterocycles. The maximum absolute atomic E-state index is 11.8. The standard InChI is InChI=1S/C12H20N2O3/c13-12(5-2-6-12)11(17)14-7-8-3-1-4-9(8)10(15)16/h8-9H,1-7,13H2,(H,14,17)(H,15,16). The molecule has 96 valence electrons. The van der Waals surface area contributed by atoms with Crippen molar-refractivity contribution in [2.24, 2.45) is 17.6 Å². The van der Waals surface area contributed by atoms with Gasteiger partial charge in [-0.05, 0) is 38.0 Å². The predicted molar refractivity (Wildman–Crippen MR) is 62.2 cm³/mol. The number of nitrogens with one attached hydrogen (secondary N) is 1. The lowest BCUT2D eigenvalue weighted by Crippen LogP contribution is -2.59. The SMILES string of the molecule is NC1(C(=O)NCC2CCCC2C(=O)O)CCC1. The molecule has 0 aromatic rings. The van der Waals surface area contributed by atoms with Gasteiger partial charge in [0.25, 0.3) is 0 Å². The Hall–Kier alpha value is -1.10. The molecule has 2 unspecified atom stereocenters. The van der Waals surface area contributed by atoms with E-state index in [0.717, 1.165) is 38.5 Å². The summed E-state index contributed by atoms with van der Waals surface area (Å²) in [6.07, 6.45) is 5.03. The molecule has 2 atom stereocenters. The number of carboxylic acid groups (broad SMARTS) is 1. The van der Waals surface area contributed by atoms with Gasteiger partial charge < -0.3 is 16.2 Å². The van der Waals surface area contributed by atoms with Crippen LogP contribution >= 0.6 is 0 Å². The first-order valence-corrected chi connectivity index (χ1v) is 6.33. The zero-order valence-corrected chi connectivity index (χ0v) is 9.95. The lowest BCUT2D eigenvalue weighted by Gasteiger charge is -2.36. The van der Waals surface area contributed by atoms with Crippen LogP contribution in [0.15, 0.2) is 0 Å². The quantitative estimate of drug-likeness (QED) is 0.666. The van der Waals surface area contributed by atoms with Crippen molar-refractivity contribution in [1.82, 2.24) is 5.32 Å². The fourth-order valence-corrected chi connectivity index (χ4v) is 2.79. The minimum Gasteiger partial charge on any atom is -0.481 e. The molecule has 4 N–H and O–H groups in total. The normalized spacial score (nSPS) is 30.6. The first-order valence-electron chi connectivity index (χ1n) is 6.33. The first kappa shape index (κ1) is 12.4. The van der Waals surface area contributed by atoms with Crippen molar-refractivity contribution in [3.63, 3.8) is 0 Å². The van der Waals surface area contributed by atoms with Crippen LogP contribution < -0.4 is 11.1 Å². The summed E-state index contributed by atoms with van der Waals surface area (Å²) in [6, 6.07) is 0. The van der Waals surface area contributed by atoms with Crippen LogP contribution in [0.5, 0.6) is 0 Å². The van der Waals surface area contributed by atoms with Crippen molar-refractivity contribution in [2.45, 2.75) is 44.1 Å². The molecule has 0 aliphatic heterocycles. The number of carboxylic acids is 1. The molecule has 0 bridgehead atoms.